The van der Waals surface area contributed by atoms with Gasteiger partial charge < -0.3 is 4.90 Å². The second-order valence-corrected chi connectivity index (χ2v) is 9.44. The zero-order valence-electron chi connectivity index (χ0n) is 17.8. The average molecular weight is 434 g/mol. The number of nitrogens with zero attached hydrogens (tertiary/aromatic N) is 3. The van der Waals surface area contributed by atoms with Crippen LogP contribution in [0, 0.1) is 5.13 Å². The van der Waals surface area contributed by atoms with Crippen LogP contribution >= 0.6 is 11.3 Å². The Morgan fingerprint density at radius 2 is 1.81 bits per heavy atom. The van der Waals surface area contributed by atoms with Gasteiger partial charge in [0.25, 0.3) is 0 Å². The number of fused-ring (bicyclic) bond motifs is 2. The first kappa shape index (κ1) is 20.4. The van der Waals surface area contributed by atoms with E-state index in [9.17, 15) is 4.39 Å². The molecular formula is C26H28FN3S. The zero-order valence-corrected chi connectivity index (χ0v) is 18.6. The summed E-state index contributed by atoms with van der Waals surface area (Å²) in [4.78, 5) is 9.45. The quantitative estimate of drug-likeness (QED) is 0.327. The van der Waals surface area contributed by atoms with Gasteiger partial charge in [-0.05, 0) is 61.7 Å². The molecule has 0 unspecified atom stereocenters. The van der Waals surface area contributed by atoms with Crippen LogP contribution in [-0.4, -0.2) is 42.6 Å². The summed E-state index contributed by atoms with van der Waals surface area (Å²) in [5.74, 6) is 0. The highest BCUT2D eigenvalue weighted by Crippen LogP contribution is 2.33. The van der Waals surface area contributed by atoms with Crippen LogP contribution in [0.2, 0.25) is 0 Å². The maximum absolute atomic E-state index is 13.7. The third-order valence-corrected chi connectivity index (χ3v) is 7.22. The van der Waals surface area contributed by atoms with E-state index in [1.54, 1.807) is 6.07 Å². The van der Waals surface area contributed by atoms with Gasteiger partial charge in [-0.15, -0.1) is 11.3 Å². The Morgan fingerprint density at radius 1 is 0.903 bits per heavy atom. The fraction of sp³-hybridized carbons (Fsp3) is 0.346. The van der Waals surface area contributed by atoms with Crippen molar-refractivity contribution in [1.29, 1.82) is 0 Å². The summed E-state index contributed by atoms with van der Waals surface area (Å²) in [5.41, 5.74) is 3.67. The number of piperazine rings is 1. The highest BCUT2D eigenvalue weighted by atomic mass is 32.1. The monoisotopic (exact) mass is 433 g/mol. The predicted octanol–water partition coefficient (Wildman–Crippen LogP) is 6.12. The van der Waals surface area contributed by atoms with E-state index in [0.29, 0.717) is 0 Å². The third-order valence-electron chi connectivity index (χ3n) is 6.33. The molecule has 0 amide bonds. The summed E-state index contributed by atoms with van der Waals surface area (Å²) in [6.07, 6.45) is 6.72. The van der Waals surface area contributed by atoms with E-state index < -0.39 is 0 Å². The molecule has 0 spiro atoms. The van der Waals surface area contributed by atoms with Gasteiger partial charge in [-0.3, -0.25) is 9.88 Å². The molecule has 1 saturated heterocycles. The van der Waals surface area contributed by atoms with Crippen molar-refractivity contribution in [2.45, 2.75) is 25.7 Å². The number of thiophene rings is 1. The molecule has 160 valence electrons. The first-order valence-corrected chi connectivity index (χ1v) is 12.1. The molecule has 1 fully saturated rings. The van der Waals surface area contributed by atoms with E-state index in [1.807, 2.05) is 24.4 Å². The maximum atomic E-state index is 13.7. The van der Waals surface area contributed by atoms with Crippen molar-refractivity contribution in [2.75, 3.05) is 37.6 Å². The number of hydrogen-bond acceptors (Lipinski definition) is 4. The van der Waals surface area contributed by atoms with Gasteiger partial charge in [-0.25, -0.2) is 0 Å². The molecule has 0 saturated carbocycles. The first-order chi connectivity index (χ1) is 15.3. The highest BCUT2D eigenvalue weighted by Gasteiger charge is 2.19. The molecule has 2 aromatic heterocycles. The van der Waals surface area contributed by atoms with Gasteiger partial charge in [0.15, 0.2) is 5.13 Å². The van der Waals surface area contributed by atoms with Gasteiger partial charge >= 0.3 is 0 Å². The van der Waals surface area contributed by atoms with E-state index in [0.717, 1.165) is 48.2 Å². The Hall–Kier alpha value is -2.50. The van der Waals surface area contributed by atoms with Gasteiger partial charge in [-0.1, -0.05) is 30.7 Å². The molecule has 1 aliphatic heterocycles. The van der Waals surface area contributed by atoms with Gasteiger partial charge in [0.2, 0.25) is 0 Å². The predicted molar refractivity (Wildman–Crippen MR) is 130 cm³/mol. The molecule has 0 aliphatic carbocycles. The Morgan fingerprint density at radius 3 is 2.71 bits per heavy atom. The number of anilines is 1. The van der Waals surface area contributed by atoms with Crippen molar-refractivity contribution in [3.63, 3.8) is 0 Å². The van der Waals surface area contributed by atoms with Crippen LogP contribution in [0.4, 0.5) is 10.1 Å². The summed E-state index contributed by atoms with van der Waals surface area (Å²) in [6.45, 7) is 5.37. The lowest BCUT2D eigenvalue weighted by Gasteiger charge is -2.36. The molecule has 5 rings (SSSR count). The van der Waals surface area contributed by atoms with Gasteiger partial charge in [0.05, 0.1) is 5.52 Å². The Balaban J connectivity index is 1.06. The van der Waals surface area contributed by atoms with Crippen molar-refractivity contribution >= 4 is 38.0 Å². The van der Waals surface area contributed by atoms with E-state index in [2.05, 4.69) is 45.1 Å². The number of benzene rings is 2. The summed E-state index contributed by atoms with van der Waals surface area (Å²) in [7, 11) is 0. The van der Waals surface area contributed by atoms with Gasteiger partial charge in [0, 0.05) is 53.5 Å². The van der Waals surface area contributed by atoms with E-state index in [1.165, 1.54) is 53.8 Å². The largest absolute Gasteiger partial charge is 0.368 e. The third kappa shape index (κ3) is 4.73. The molecule has 0 radical (unpaired) electrons. The lowest BCUT2D eigenvalue weighted by molar-refractivity contribution is 0.252. The SMILES string of the molecule is Fc1cc2c(N3CCN(CCCCCc4ccc5cccnc5c4)CC3)cccc2s1. The fourth-order valence-electron chi connectivity index (χ4n) is 4.61. The lowest BCUT2D eigenvalue weighted by atomic mass is 10.0. The zero-order chi connectivity index (χ0) is 21.0. The molecule has 2 aromatic carbocycles. The standard InChI is InChI=1S/C26H28FN3S/c27-26-19-22-24(8-4-9-25(22)31-26)30-16-14-29(15-17-30)13-3-1-2-6-20-10-11-21-7-5-12-28-23(21)18-20/h4-5,7-12,18-19H,1-3,6,13-17H2. The van der Waals surface area contributed by atoms with Crippen molar-refractivity contribution in [2.24, 2.45) is 0 Å². The molecule has 5 heteroatoms. The Bertz CT molecular complexity index is 1160. The fourth-order valence-corrected chi connectivity index (χ4v) is 5.42. The summed E-state index contributed by atoms with van der Waals surface area (Å²) in [6, 6.07) is 18.6. The molecule has 0 N–H and O–H groups in total. The van der Waals surface area contributed by atoms with Crippen molar-refractivity contribution < 1.29 is 4.39 Å². The topological polar surface area (TPSA) is 19.4 Å². The molecule has 0 bridgehead atoms. The molecule has 4 aromatic rings. The van der Waals surface area contributed by atoms with Crippen LogP contribution in [-0.2, 0) is 6.42 Å². The van der Waals surface area contributed by atoms with E-state index in [-0.39, 0.29) is 5.13 Å². The van der Waals surface area contributed by atoms with Crippen LogP contribution in [0.25, 0.3) is 21.0 Å². The Labute approximate surface area is 187 Å². The number of rotatable bonds is 7. The van der Waals surface area contributed by atoms with Crippen molar-refractivity contribution in [3.05, 3.63) is 71.5 Å². The lowest BCUT2D eigenvalue weighted by Crippen LogP contribution is -2.46. The molecule has 3 heterocycles. The summed E-state index contributed by atoms with van der Waals surface area (Å²) in [5, 5.41) is 2.18. The Kier molecular flexibility index (Phi) is 6.14. The smallest absolute Gasteiger partial charge is 0.177 e. The number of pyridine rings is 1. The van der Waals surface area contributed by atoms with Crippen molar-refractivity contribution in [3.8, 4) is 0 Å². The average Bonchev–Trinajstić information content (AvgIpc) is 3.19. The van der Waals surface area contributed by atoms with Gasteiger partial charge in [-0.2, -0.15) is 4.39 Å². The van der Waals surface area contributed by atoms with E-state index in [4.69, 9.17) is 0 Å². The minimum Gasteiger partial charge on any atom is -0.368 e. The van der Waals surface area contributed by atoms with Crippen LogP contribution in [0.5, 0.6) is 0 Å². The van der Waals surface area contributed by atoms with Gasteiger partial charge in [0.1, 0.15) is 0 Å². The number of unbranched alkanes of at least 4 members (excludes halogenated alkanes) is 2. The maximum Gasteiger partial charge on any atom is 0.177 e. The molecule has 3 nitrogen and oxygen atoms in total. The second kappa shape index (κ2) is 9.33. The van der Waals surface area contributed by atoms with E-state index >= 15 is 0 Å². The normalized spacial score (nSPS) is 15.2. The minimum absolute atomic E-state index is 0.0963. The second-order valence-electron chi connectivity index (χ2n) is 8.41. The number of hydrogen-bond donors (Lipinski definition) is 0. The number of aromatic nitrogens is 1. The van der Waals surface area contributed by atoms with Crippen LogP contribution < -0.4 is 4.90 Å². The molecule has 1 aliphatic rings. The first-order valence-electron chi connectivity index (χ1n) is 11.3. The van der Waals surface area contributed by atoms with Crippen LogP contribution in [0.3, 0.4) is 0 Å². The number of halogens is 1. The molecular weight excluding hydrogens is 405 g/mol. The van der Waals surface area contributed by atoms with Crippen LogP contribution in [0.1, 0.15) is 24.8 Å². The summed E-state index contributed by atoms with van der Waals surface area (Å²) < 4.78 is 14.7. The molecule has 31 heavy (non-hydrogen) atoms. The minimum atomic E-state index is -0.0963. The number of aryl methyl sites for hydroxylation is 1. The van der Waals surface area contributed by atoms with Crippen molar-refractivity contribution in [1.82, 2.24) is 9.88 Å². The molecule has 0 atom stereocenters. The summed E-state index contributed by atoms with van der Waals surface area (Å²) >= 11 is 1.24. The van der Waals surface area contributed by atoms with Crippen LogP contribution in [0.15, 0.2) is 60.8 Å². The highest BCUT2D eigenvalue weighted by molar-refractivity contribution is 7.17.